The van der Waals surface area contributed by atoms with Crippen LogP contribution in [0.2, 0.25) is 5.02 Å². The van der Waals surface area contributed by atoms with Crippen LogP contribution in [0.25, 0.3) is 0 Å². The van der Waals surface area contributed by atoms with Gasteiger partial charge in [0, 0.05) is 25.1 Å². The van der Waals surface area contributed by atoms with Gasteiger partial charge in [0.2, 0.25) is 0 Å². The van der Waals surface area contributed by atoms with Crippen LogP contribution in [-0.4, -0.2) is 33.8 Å². The molecule has 21 heavy (non-hydrogen) atoms. The molecule has 0 aliphatic carbocycles. The van der Waals surface area contributed by atoms with Gasteiger partial charge in [0.1, 0.15) is 11.4 Å². The zero-order valence-corrected chi connectivity index (χ0v) is 12.6. The lowest BCUT2D eigenvalue weighted by Gasteiger charge is -2.08. The summed E-state index contributed by atoms with van der Waals surface area (Å²) in [4.78, 5) is 0. The second-order valence-electron chi connectivity index (χ2n) is 4.45. The summed E-state index contributed by atoms with van der Waals surface area (Å²) in [6.07, 6.45) is 0.771. The van der Waals surface area contributed by atoms with Crippen molar-refractivity contribution in [3.05, 3.63) is 40.7 Å². The van der Waals surface area contributed by atoms with E-state index in [2.05, 4.69) is 10.3 Å². The summed E-state index contributed by atoms with van der Waals surface area (Å²) in [6.45, 7) is 1.45. The Labute approximate surface area is 128 Å². The highest BCUT2D eigenvalue weighted by molar-refractivity contribution is 6.30. The fraction of sp³-hybridized carbons (Fsp3) is 0.429. The van der Waals surface area contributed by atoms with Crippen LogP contribution in [0.4, 0.5) is 0 Å². The molecule has 0 radical (unpaired) electrons. The average Bonchev–Trinajstić information content (AvgIpc) is 2.88. The van der Waals surface area contributed by atoms with Crippen molar-refractivity contribution in [3.63, 3.8) is 0 Å². The fourth-order valence-corrected chi connectivity index (χ4v) is 2.03. The zero-order chi connectivity index (χ0) is 15.1. The van der Waals surface area contributed by atoms with E-state index in [-0.39, 0.29) is 6.61 Å². The van der Waals surface area contributed by atoms with Crippen LogP contribution >= 0.6 is 11.6 Å². The minimum absolute atomic E-state index is 0.139. The van der Waals surface area contributed by atoms with Gasteiger partial charge in [-0.2, -0.15) is 0 Å². The highest BCUT2D eigenvalue weighted by Gasteiger charge is 2.11. The number of nitrogens with zero attached hydrogens (tertiary/aromatic N) is 3. The monoisotopic (exact) mass is 311 g/mol. The van der Waals surface area contributed by atoms with Gasteiger partial charge in [0.05, 0.1) is 25.5 Å². The molecule has 6 nitrogen and oxygen atoms in total. The van der Waals surface area contributed by atoms with Gasteiger partial charge in [-0.1, -0.05) is 16.8 Å². The summed E-state index contributed by atoms with van der Waals surface area (Å²) >= 11 is 5.81. The minimum atomic E-state index is -0.139. The van der Waals surface area contributed by atoms with E-state index in [0.717, 1.165) is 17.9 Å². The lowest BCUT2D eigenvalue weighted by atomic mass is 10.3. The molecular formula is C14H18ClN3O3. The molecular weight excluding hydrogens is 294 g/mol. The Hall–Kier alpha value is -1.63. The van der Waals surface area contributed by atoms with E-state index in [0.29, 0.717) is 30.5 Å². The Bertz CT molecular complexity index is 557. The third-order valence-electron chi connectivity index (χ3n) is 2.95. The SMILES string of the molecule is COCc1c(CO)nnn1CCCOc1ccc(Cl)cc1. The van der Waals surface area contributed by atoms with Crippen LogP contribution in [0.5, 0.6) is 5.75 Å². The second kappa shape index (κ2) is 7.97. The van der Waals surface area contributed by atoms with Gasteiger partial charge in [0.25, 0.3) is 0 Å². The molecule has 0 fully saturated rings. The molecule has 2 aromatic rings. The Balaban J connectivity index is 1.83. The second-order valence-corrected chi connectivity index (χ2v) is 4.89. The van der Waals surface area contributed by atoms with Crippen molar-refractivity contribution < 1.29 is 14.6 Å². The van der Waals surface area contributed by atoms with E-state index < -0.39 is 0 Å². The van der Waals surface area contributed by atoms with Gasteiger partial charge in [-0.25, -0.2) is 4.68 Å². The molecule has 0 saturated carbocycles. The van der Waals surface area contributed by atoms with Gasteiger partial charge in [0.15, 0.2) is 0 Å². The first-order chi connectivity index (χ1) is 10.2. The summed E-state index contributed by atoms with van der Waals surface area (Å²) in [7, 11) is 1.60. The third kappa shape index (κ3) is 4.42. The molecule has 0 aliphatic rings. The number of benzene rings is 1. The summed E-state index contributed by atoms with van der Waals surface area (Å²) in [5.41, 5.74) is 1.35. The van der Waals surface area contributed by atoms with E-state index in [4.69, 9.17) is 21.1 Å². The first-order valence-electron chi connectivity index (χ1n) is 6.64. The van der Waals surface area contributed by atoms with Crippen LogP contribution in [0, 0.1) is 0 Å². The van der Waals surface area contributed by atoms with Crippen molar-refractivity contribution in [1.82, 2.24) is 15.0 Å². The summed E-state index contributed by atoms with van der Waals surface area (Å²) < 4.78 is 12.5. The molecule has 114 valence electrons. The van der Waals surface area contributed by atoms with E-state index in [9.17, 15) is 5.11 Å². The third-order valence-corrected chi connectivity index (χ3v) is 3.20. The number of ether oxygens (including phenoxy) is 2. The largest absolute Gasteiger partial charge is 0.494 e. The summed E-state index contributed by atoms with van der Waals surface area (Å²) in [6, 6.07) is 7.24. The van der Waals surface area contributed by atoms with Gasteiger partial charge in [-0.05, 0) is 24.3 Å². The quantitative estimate of drug-likeness (QED) is 0.756. The summed E-state index contributed by atoms with van der Waals surface area (Å²) in [5, 5.41) is 17.8. The minimum Gasteiger partial charge on any atom is -0.494 e. The number of hydrogen-bond donors (Lipinski definition) is 1. The first-order valence-corrected chi connectivity index (χ1v) is 7.01. The molecule has 0 saturated heterocycles. The van der Waals surface area contributed by atoms with Crippen molar-refractivity contribution in [2.75, 3.05) is 13.7 Å². The molecule has 0 atom stereocenters. The highest BCUT2D eigenvalue weighted by atomic mass is 35.5. The number of rotatable bonds is 8. The fourth-order valence-electron chi connectivity index (χ4n) is 1.90. The average molecular weight is 312 g/mol. The maximum Gasteiger partial charge on any atom is 0.119 e. The van der Waals surface area contributed by atoms with Crippen molar-refractivity contribution in [1.29, 1.82) is 0 Å². The molecule has 0 unspecified atom stereocenters. The van der Waals surface area contributed by atoms with Gasteiger partial charge >= 0.3 is 0 Å². The Morgan fingerprint density at radius 2 is 2.05 bits per heavy atom. The number of methoxy groups -OCH3 is 1. The molecule has 0 amide bonds. The molecule has 0 aliphatic heterocycles. The van der Waals surface area contributed by atoms with Crippen LogP contribution in [0.15, 0.2) is 24.3 Å². The first kappa shape index (κ1) is 15.8. The predicted molar refractivity (Wildman–Crippen MR) is 78.2 cm³/mol. The van der Waals surface area contributed by atoms with E-state index >= 15 is 0 Å². The van der Waals surface area contributed by atoms with Gasteiger partial charge in [-0.15, -0.1) is 5.10 Å². The molecule has 0 bridgehead atoms. The Kier molecular flexibility index (Phi) is 5.98. The number of aromatic nitrogens is 3. The lowest BCUT2D eigenvalue weighted by Crippen LogP contribution is -2.10. The predicted octanol–water partition coefficient (Wildman–Crippen LogP) is 2.04. The molecule has 1 aromatic heterocycles. The summed E-state index contributed by atoms with van der Waals surface area (Å²) in [5.74, 6) is 0.783. The molecule has 1 aromatic carbocycles. The van der Waals surface area contributed by atoms with E-state index in [1.54, 1.807) is 23.9 Å². The number of aliphatic hydroxyl groups excluding tert-OH is 1. The lowest BCUT2D eigenvalue weighted by molar-refractivity contribution is 0.172. The van der Waals surface area contributed by atoms with Crippen LogP contribution in [-0.2, 0) is 24.5 Å². The smallest absolute Gasteiger partial charge is 0.119 e. The highest BCUT2D eigenvalue weighted by Crippen LogP contribution is 2.15. The topological polar surface area (TPSA) is 69.4 Å². The van der Waals surface area contributed by atoms with Crippen LogP contribution in [0.3, 0.4) is 0 Å². The molecule has 1 N–H and O–H groups in total. The zero-order valence-electron chi connectivity index (χ0n) is 11.8. The van der Waals surface area contributed by atoms with Gasteiger partial charge in [-0.3, -0.25) is 0 Å². The van der Waals surface area contributed by atoms with Crippen molar-refractivity contribution in [2.45, 2.75) is 26.2 Å². The molecule has 1 heterocycles. The van der Waals surface area contributed by atoms with Crippen molar-refractivity contribution >= 4 is 11.6 Å². The van der Waals surface area contributed by atoms with Crippen LogP contribution in [0.1, 0.15) is 17.8 Å². The van der Waals surface area contributed by atoms with E-state index in [1.165, 1.54) is 0 Å². The van der Waals surface area contributed by atoms with Crippen molar-refractivity contribution in [2.24, 2.45) is 0 Å². The maximum absolute atomic E-state index is 9.19. The Morgan fingerprint density at radius 1 is 1.29 bits per heavy atom. The van der Waals surface area contributed by atoms with Crippen molar-refractivity contribution in [3.8, 4) is 5.75 Å². The Morgan fingerprint density at radius 3 is 2.71 bits per heavy atom. The number of aliphatic hydroxyl groups is 1. The normalized spacial score (nSPS) is 10.8. The molecule has 7 heteroatoms. The molecule has 2 rings (SSSR count). The standard InChI is InChI=1S/C14H18ClN3O3/c1-20-10-14-13(9-19)16-17-18(14)7-2-8-21-12-5-3-11(15)4-6-12/h3-6,19H,2,7-10H2,1H3. The van der Waals surface area contributed by atoms with Crippen LogP contribution < -0.4 is 4.74 Å². The molecule has 0 spiro atoms. The number of halogens is 1. The van der Waals surface area contributed by atoms with Gasteiger partial charge < -0.3 is 14.6 Å². The van der Waals surface area contributed by atoms with E-state index in [1.807, 2.05) is 12.1 Å². The maximum atomic E-state index is 9.19. The number of aryl methyl sites for hydroxylation is 1. The number of hydrogen-bond acceptors (Lipinski definition) is 5.